The minimum Gasteiger partial charge on any atom is -0.468 e. The lowest BCUT2D eigenvalue weighted by Gasteiger charge is -2.13. The highest BCUT2D eigenvalue weighted by atomic mass is 32.2. The summed E-state index contributed by atoms with van der Waals surface area (Å²) < 4.78 is 27.5. The summed E-state index contributed by atoms with van der Waals surface area (Å²) in [5.41, 5.74) is 0. The third kappa shape index (κ3) is 2.58. The largest absolute Gasteiger partial charge is 0.468 e. The maximum absolute atomic E-state index is 11.2. The van der Waals surface area contributed by atoms with E-state index in [0.717, 1.165) is 5.76 Å². The van der Waals surface area contributed by atoms with Crippen LogP contribution in [0.25, 0.3) is 0 Å². The van der Waals surface area contributed by atoms with Crippen LogP contribution in [0.1, 0.15) is 5.76 Å². The molecule has 1 aromatic rings. The molecule has 0 spiro atoms. The van der Waals surface area contributed by atoms with Gasteiger partial charge in [-0.15, -0.1) is 0 Å². The minimum absolute atomic E-state index is 0.00508. The summed E-state index contributed by atoms with van der Waals surface area (Å²) in [6, 6.07) is 3.17. The number of aliphatic hydroxyl groups is 1. The van der Waals surface area contributed by atoms with Crippen molar-refractivity contribution in [3.8, 4) is 0 Å². The first-order chi connectivity index (χ1) is 7.07. The maximum Gasteiger partial charge on any atom is 0.154 e. The van der Waals surface area contributed by atoms with Crippen molar-refractivity contribution in [2.24, 2.45) is 0 Å². The molecule has 5 nitrogen and oxygen atoms in total. The molecule has 1 aliphatic heterocycles. The molecule has 84 valence electrons. The summed E-state index contributed by atoms with van der Waals surface area (Å²) in [4.78, 5) is 0. The molecule has 15 heavy (non-hydrogen) atoms. The zero-order chi connectivity index (χ0) is 10.9. The number of hydrogen-bond acceptors (Lipinski definition) is 5. The van der Waals surface area contributed by atoms with Gasteiger partial charge in [-0.25, -0.2) is 8.42 Å². The van der Waals surface area contributed by atoms with E-state index in [1.165, 1.54) is 0 Å². The van der Waals surface area contributed by atoms with Crippen LogP contribution in [0.5, 0.6) is 0 Å². The van der Waals surface area contributed by atoms with Crippen molar-refractivity contribution in [1.29, 1.82) is 0 Å². The lowest BCUT2D eigenvalue weighted by Crippen LogP contribution is -2.38. The third-order valence-electron chi connectivity index (χ3n) is 2.44. The lowest BCUT2D eigenvalue weighted by molar-refractivity contribution is 0.164. The van der Waals surface area contributed by atoms with Gasteiger partial charge in [0.25, 0.3) is 0 Å². The Kier molecular flexibility index (Phi) is 2.81. The van der Waals surface area contributed by atoms with Crippen molar-refractivity contribution in [2.75, 3.05) is 11.5 Å². The first kappa shape index (κ1) is 10.7. The van der Waals surface area contributed by atoms with E-state index in [9.17, 15) is 13.5 Å². The molecule has 0 radical (unpaired) electrons. The second-order valence-electron chi connectivity index (χ2n) is 3.71. The van der Waals surface area contributed by atoms with Gasteiger partial charge in [-0.05, 0) is 12.1 Å². The fourth-order valence-electron chi connectivity index (χ4n) is 1.67. The molecular formula is C9H13NO4S. The van der Waals surface area contributed by atoms with Gasteiger partial charge < -0.3 is 14.8 Å². The van der Waals surface area contributed by atoms with Crippen molar-refractivity contribution in [3.63, 3.8) is 0 Å². The predicted molar refractivity (Wildman–Crippen MR) is 54.0 cm³/mol. The van der Waals surface area contributed by atoms with Crippen molar-refractivity contribution >= 4 is 9.84 Å². The van der Waals surface area contributed by atoms with Crippen molar-refractivity contribution in [1.82, 2.24) is 5.32 Å². The summed E-state index contributed by atoms with van der Waals surface area (Å²) in [6.45, 7) is 0.435. The summed E-state index contributed by atoms with van der Waals surface area (Å²) in [5, 5.41) is 12.4. The van der Waals surface area contributed by atoms with E-state index in [2.05, 4.69) is 5.32 Å². The monoisotopic (exact) mass is 231 g/mol. The molecule has 2 heterocycles. The van der Waals surface area contributed by atoms with E-state index < -0.39 is 15.9 Å². The quantitative estimate of drug-likeness (QED) is 0.735. The molecule has 0 amide bonds. The second-order valence-corrected chi connectivity index (χ2v) is 5.86. The van der Waals surface area contributed by atoms with Crippen LogP contribution in [0.4, 0.5) is 0 Å². The van der Waals surface area contributed by atoms with Gasteiger partial charge in [-0.1, -0.05) is 0 Å². The molecule has 1 saturated heterocycles. The average molecular weight is 231 g/mol. The molecule has 6 heteroatoms. The van der Waals surface area contributed by atoms with Crippen LogP contribution in [0.15, 0.2) is 22.8 Å². The first-order valence-electron chi connectivity index (χ1n) is 4.71. The Morgan fingerprint density at radius 3 is 2.87 bits per heavy atom. The van der Waals surface area contributed by atoms with Gasteiger partial charge in [0.1, 0.15) is 5.76 Å². The highest BCUT2D eigenvalue weighted by molar-refractivity contribution is 7.91. The zero-order valence-corrected chi connectivity index (χ0v) is 8.90. The smallest absolute Gasteiger partial charge is 0.154 e. The average Bonchev–Trinajstić information content (AvgIpc) is 2.70. The maximum atomic E-state index is 11.2. The first-order valence-corrected chi connectivity index (χ1v) is 6.53. The van der Waals surface area contributed by atoms with Gasteiger partial charge in [-0.3, -0.25) is 0 Å². The van der Waals surface area contributed by atoms with Gasteiger partial charge in [0.15, 0.2) is 9.84 Å². The third-order valence-corrected chi connectivity index (χ3v) is 4.16. The van der Waals surface area contributed by atoms with Crippen LogP contribution in [-0.4, -0.2) is 37.2 Å². The Hall–Kier alpha value is -0.850. The normalized spacial score (nSPS) is 29.4. The molecule has 0 bridgehead atoms. The number of sulfone groups is 1. The SMILES string of the molecule is O=S1(=O)C[C@@H](O)[C@H](NCc2ccco2)C1. The Bertz CT molecular complexity index is 411. The van der Waals surface area contributed by atoms with Crippen LogP contribution in [0.3, 0.4) is 0 Å². The zero-order valence-electron chi connectivity index (χ0n) is 8.09. The molecule has 0 aliphatic carbocycles. The lowest BCUT2D eigenvalue weighted by atomic mass is 10.2. The van der Waals surface area contributed by atoms with E-state index in [-0.39, 0.29) is 17.5 Å². The molecular weight excluding hydrogens is 218 g/mol. The van der Waals surface area contributed by atoms with E-state index in [1.807, 2.05) is 0 Å². The summed E-state index contributed by atoms with van der Waals surface area (Å²) >= 11 is 0. The Morgan fingerprint density at radius 1 is 1.53 bits per heavy atom. The molecule has 0 aromatic carbocycles. The van der Waals surface area contributed by atoms with Crippen LogP contribution < -0.4 is 5.32 Å². The van der Waals surface area contributed by atoms with E-state index in [1.54, 1.807) is 18.4 Å². The van der Waals surface area contributed by atoms with Crippen LogP contribution >= 0.6 is 0 Å². The number of furan rings is 1. The van der Waals surface area contributed by atoms with E-state index >= 15 is 0 Å². The molecule has 1 aromatic heterocycles. The second kappa shape index (κ2) is 3.96. The van der Waals surface area contributed by atoms with Crippen LogP contribution in [0, 0.1) is 0 Å². The van der Waals surface area contributed by atoms with Gasteiger partial charge in [0, 0.05) is 6.04 Å². The highest BCUT2D eigenvalue weighted by Gasteiger charge is 2.35. The number of aliphatic hydroxyl groups excluding tert-OH is 1. The van der Waals surface area contributed by atoms with Crippen molar-refractivity contribution in [2.45, 2.75) is 18.7 Å². The van der Waals surface area contributed by atoms with Crippen LogP contribution in [-0.2, 0) is 16.4 Å². The Labute approximate surface area is 88.0 Å². The van der Waals surface area contributed by atoms with Crippen molar-refractivity contribution in [3.05, 3.63) is 24.2 Å². The van der Waals surface area contributed by atoms with Gasteiger partial charge in [-0.2, -0.15) is 0 Å². The van der Waals surface area contributed by atoms with E-state index in [0.29, 0.717) is 6.54 Å². The fraction of sp³-hybridized carbons (Fsp3) is 0.556. The molecule has 1 fully saturated rings. The summed E-state index contributed by atoms with van der Waals surface area (Å²) in [5.74, 6) is 0.573. The molecule has 2 rings (SSSR count). The summed E-state index contributed by atoms with van der Waals surface area (Å²) in [7, 11) is -3.08. The predicted octanol–water partition coefficient (Wildman–Crippen LogP) is -0.473. The minimum atomic E-state index is -3.08. The fourth-order valence-corrected chi connectivity index (χ4v) is 3.44. The number of hydrogen-bond donors (Lipinski definition) is 2. The van der Waals surface area contributed by atoms with Crippen LogP contribution in [0.2, 0.25) is 0 Å². The van der Waals surface area contributed by atoms with Gasteiger partial charge >= 0.3 is 0 Å². The number of nitrogens with one attached hydrogen (secondary N) is 1. The Balaban J connectivity index is 1.91. The standard InChI is InChI=1S/C9H13NO4S/c11-9-6-15(12,13)5-8(9)10-4-7-2-1-3-14-7/h1-3,8-11H,4-6H2/t8-,9-/m1/s1. The molecule has 2 atom stereocenters. The van der Waals surface area contributed by atoms with Crippen molar-refractivity contribution < 1.29 is 17.9 Å². The molecule has 0 saturated carbocycles. The molecule has 1 aliphatic rings. The van der Waals surface area contributed by atoms with E-state index in [4.69, 9.17) is 4.42 Å². The Morgan fingerprint density at radius 2 is 2.33 bits per heavy atom. The molecule has 2 N–H and O–H groups in total. The van der Waals surface area contributed by atoms with Gasteiger partial charge in [0.05, 0.1) is 30.4 Å². The summed E-state index contributed by atoms with van der Waals surface area (Å²) in [6.07, 6.45) is 0.740. The van der Waals surface area contributed by atoms with Gasteiger partial charge in [0.2, 0.25) is 0 Å². The molecule has 0 unspecified atom stereocenters. The topological polar surface area (TPSA) is 79.5 Å². The number of rotatable bonds is 3. The highest BCUT2D eigenvalue weighted by Crippen LogP contribution is 2.13.